The summed E-state index contributed by atoms with van der Waals surface area (Å²) in [6.45, 7) is 0.771. The van der Waals surface area contributed by atoms with Gasteiger partial charge in [0.2, 0.25) is 0 Å². The summed E-state index contributed by atoms with van der Waals surface area (Å²) in [5.74, 6) is 0. The Bertz CT molecular complexity index is 501. The summed E-state index contributed by atoms with van der Waals surface area (Å²) in [4.78, 5) is 7.28. The normalized spacial score (nSPS) is 10.5. The van der Waals surface area contributed by atoms with Gasteiger partial charge in [0.1, 0.15) is 0 Å². The van der Waals surface area contributed by atoms with Gasteiger partial charge in [-0.2, -0.15) is 0 Å². The molecule has 0 bridgehead atoms. The Labute approximate surface area is 109 Å². The molecule has 1 N–H and O–H groups in total. The van der Waals surface area contributed by atoms with Crippen LogP contribution in [0.15, 0.2) is 30.6 Å². The summed E-state index contributed by atoms with van der Waals surface area (Å²) in [6.07, 6.45) is 3.42. The number of hydrogen-bond acceptors (Lipinski definition) is 4. The first-order valence-corrected chi connectivity index (χ1v) is 6.39. The summed E-state index contributed by atoms with van der Waals surface area (Å²) in [6, 6.07) is 5.82. The van der Waals surface area contributed by atoms with Crippen LogP contribution in [0.3, 0.4) is 0 Å². The highest BCUT2D eigenvalue weighted by molar-refractivity contribution is 7.16. The first-order valence-electron chi connectivity index (χ1n) is 5.20. The van der Waals surface area contributed by atoms with Crippen molar-refractivity contribution in [1.82, 2.24) is 4.98 Å². The standard InChI is InChI=1S/C12H13ClN2OS/c1-15(7-10-2-3-12(13)17-10)11-4-5-14-6-9(11)8-16/h2-6,16H,7-8H2,1H3. The molecule has 2 aromatic rings. The molecule has 0 saturated heterocycles. The van der Waals surface area contributed by atoms with Crippen LogP contribution in [0.5, 0.6) is 0 Å². The van der Waals surface area contributed by atoms with E-state index in [1.807, 2.05) is 25.2 Å². The monoisotopic (exact) mass is 268 g/mol. The summed E-state index contributed by atoms with van der Waals surface area (Å²) in [5.41, 5.74) is 1.82. The van der Waals surface area contributed by atoms with Crippen LogP contribution in [-0.2, 0) is 13.2 Å². The van der Waals surface area contributed by atoms with Crippen molar-refractivity contribution in [2.24, 2.45) is 0 Å². The van der Waals surface area contributed by atoms with Gasteiger partial charge in [-0.25, -0.2) is 0 Å². The third kappa shape index (κ3) is 2.97. The number of anilines is 1. The number of rotatable bonds is 4. The molecule has 0 unspecified atom stereocenters. The average Bonchev–Trinajstić information content (AvgIpc) is 2.74. The molecule has 90 valence electrons. The van der Waals surface area contributed by atoms with Gasteiger partial charge in [0.25, 0.3) is 0 Å². The van der Waals surface area contributed by atoms with E-state index in [2.05, 4.69) is 9.88 Å². The van der Waals surface area contributed by atoms with E-state index >= 15 is 0 Å². The highest BCUT2D eigenvalue weighted by atomic mass is 35.5. The third-order valence-electron chi connectivity index (χ3n) is 2.48. The first-order chi connectivity index (χ1) is 8.20. The zero-order valence-corrected chi connectivity index (χ0v) is 11.0. The maximum absolute atomic E-state index is 9.25. The van der Waals surface area contributed by atoms with Crippen molar-refractivity contribution in [3.05, 3.63) is 45.4 Å². The smallest absolute Gasteiger partial charge is 0.0931 e. The maximum atomic E-state index is 9.25. The number of aliphatic hydroxyl groups excluding tert-OH is 1. The van der Waals surface area contributed by atoms with E-state index in [0.29, 0.717) is 0 Å². The number of thiophene rings is 1. The van der Waals surface area contributed by atoms with E-state index in [0.717, 1.165) is 22.1 Å². The van der Waals surface area contributed by atoms with E-state index in [9.17, 15) is 5.11 Å². The summed E-state index contributed by atoms with van der Waals surface area (Å²) >= 11 is 7.47. The fourth-order valence-corrected chi connectivity index (χ4v) is 2.81. The second kappa shape index (κ2) is 5.49. The minimum absolute atomic E-state index is 0.00128. The van der Waals surface area contributed by atoms with Crippen LogP contribution < -0.4 is 4.90 Å². The molecule has 17 heavy (non-hydrogen) atoms. The molecule has 0 atom stereocenters. The zero-order chi connectivity index (χ0) is 12.3. The Balaban J connectivity index is 2.16. The lowest BCUT2D eigenvalue weighted by Crippen LogP contribution is -2.17. The van der Waals surface area contributed by atoms with Crippen molar-refractivity contribution in [2.75, 3.05) is 11.9 Å². The molecule has 0 aliphatic carbocycles. The fraction of sp³-hybridized carbons (Fsp3) is 0.250. The van der Waals surface area contributed by atoms with Crippen molar-refractivity contribution in [3.8, 4) is 0 Å². The SMILES string of the molecule is CN(Cc1ccc(Cl)s1)c1ccncc1CO. The molecule has 0 amide bonds. The van der Waals surface area contributed by atoms with E-state index in [1.165, 1.54) is 4.88 Å². The van der Waals surface area contributed by atoms with Gasteiger partial charge in [0.05, 0.1) is 17.5 Å². The quantitative estimate of drug-likeness (QED) is 0.926. The molecule has 5 heteroatoms. The lowest BCUT2D eigenvalue weighted by Gasteiger charge is -2.20. The Morgan fingerprint density at radius 3 is 2.88 bits per heavy atom. The number of hydrogen-bond donors (Lipinski definition) is 1. The van der Waals surface area contributed by atoms with Crippen LogP contribution in [0.1, 0.15) is 10.4 Å². The van der Waals surface area contributed by atoms with Crippen molar-refractivity contribution >= 4 is 28.6 Å². The van der Waals surface area contributed by atoms with Gasteiger partial charge in [-0.1, -0.05) is 11.6 Å². The van der Waals surface area contributed by atoms with Crippen LogP contribution in [0.2, 0.25) is 4.34 Å². The molecule has 2 heterocycles. The second-order valence-corrected chi connectivity index (χ2v) is 5.52. The van der Waals surface area contributed by atoms with Crippen LogP contribution in [-0.4, -0.2) is 17.1 Å². The number of halogens is 1. The minimum Gasteiger partial charge on any atom is -0.392 e. The maximum Gasteiger partial charge on any atom is 0.0931 e. The fourth-order valence-electron chi connectivity index (χ4n) is 1.67. The van der Waals surface area contributed by atoms with Crippen molar-refractivity contribution in [1.29, 1.82) is 0 Å². The summed E-state index contributed by atoms with van der Waals surface area (Å²) < 4.78 is 0.797. The van der Waals surface area contributed by atoms with Crippen LogP contribution in [0, 0.1) is 0 Å². The highest BCUT2D eigenvalue weighted by Crippen LogP contribution is 2.25. The Morgan fingerprint density at radius 1 is 1.41 bits per heavy atom. The molecule has 0 aliphatic rings. The predicted octanol–water partition coefficient (Wildman–Crippen LogP) is 2.93. The Morgan fingerprint density at radius 2 is 2.24 bits per heavy atom. The van der Waals surface area contributed by atoms with Crippen LogP contribution in [0.4, 0.5) is 5.69 Å². The number of aliphatic hydroxyl groups is 1. The Hall–Kier alpha value is -1.10. The zero-order valence-electron chi connectivity index (χ0n) is 9.43. The molecule has 0 aromatic carbocycles. The molecular weight excluding hydrogens is 256 g/mol. The average molecular weight is 269 g/mol. The summed E-state index contributed by atoms with van der Waals surface area (Å²) in [7, 11) is 1.99. The van der Waals surface area contributed by atoms with Gasteiger partial charge in [-0.15, -0.1) is 11.3 Å². The van der Waals surface area contributed by atoms with Crippen LogP contribution >= 0.6 is 22.9 Å². The number of aromatic nitrogens is 1. The summed E-state index contributed by atoms with van der Waals surface area (Å²) in [5, 5.41) is 9.25. The van der Waals surface area contributed by atoms with Gasteiger partial charge in [-0.3, -0.25) is 4.98 Å². The number of pyridine rings is 1. The molecule has 0 saturated carbocycles. The molecule has 2 rings (SSSR count). The van der Waals surface area contributed by atoms with Crippen molar-refractivity contribution in [3.63, 3.8) is 0 Å². The van der Waals surface area contributed by atoms with Gasteiger partial charge in [0, 0.05) is 35.6 Å². The minimum atomic E-state index is -0.00128. The second-order valence-electron chi connectivity index (χ2n) is 3.72. The van der Waals surface area contributed by atoms with Gasteiger partial charge < -0.3 is 10.0 Å². The molecule has 0 fully saturated rings. The number of nitrogens with zero attached hydrogens (tertiary/aromatic N) is 2. The van der Waals surface area contributed by atoms with Crippen molar-refractivity contribution < 1.29 is 5.11 Å². The van der Waals surface area contributed by atoms with Gasteiger partial charge >= 0.3 is 0 Å². The lowest BCUT2D eigenvalue weighted by atomic mass is 10.2. The molecule has 3 nitrogen and oxygen atoms in total. The highest BCUT2D eigenvalue weighted by Gasteiger charge is 2.08. The molecule has 0 radical (unpaired) electrons. The molecule has 0 aliphatic heterocycles. The first kappa shape index (κ1) is 12.4. The van der Waals surface area contributed by atoms with Crippen molar-refractivity contribution in [2.45, 2.75) is 13.2 Å². The lowest BCUT2D eigenvalue weighted by molar-refractivity contribution is 0.281. The molecule has 0 spiro atoms. The van der Waals surface area contributed by atoms with Gasteiger partial charge in [-0.05, 0) is 18.2 Å². The topological polar surface area (TPSA) is 36.4 Å². The van der Waals surface area contributed by atoms with E-state index in [-0.39, 0.29) is 6.61 Å². The van der Waals surface area contributed by atoms with Gasteiger partial charge in [0.15, 0.2) is 0 Å². The third-order valence-corrected chi connectivity index (χ3v) is 3.70. The van der Waals surface area contributed by atoms with E-state index in [4.69, 9.17) is 11.6 Å². The largest absolute Gasteiger partial charge is 0.392 e. The van der Waals surface area contributed by atoms with E-state index in [1.54, 1.807) is 23.7 Å². The molecule has 2 aromatic heterocycles. The Kier molecular flexibility index (Phi) is 3.99. The van der Waals surface area contributed by atoms with E-state index < -0.39 is 0 Å². The molecular formula is C12H13ClN2OS. The van der Waals surface area contributed by atoms with Crippen LogP contribution in [0.25, 0.3) is 0 Å². The predicted molar refractivity (Wildman–Crippen MR) is 71.6 cm³/mol.